The van der Waals surface area contributed by atoms with Gasteiger partial charge in [0.25, 0.3) is 11.5 Å². The number of rotatable bonds is 7. The van der Waals surface area contributed by atoms with Gasteiger partial charge in [-0.1, -0.05) is 13.3 Å². The standard InChI is InChI=1S/C28H32F3N5O2/c1-7-8-18-11-16(4)33-27(38)22(18)14-32-26(37)20-12-21(23-13-24(28(29,30)31)34-35(23)6)19-9-10-36(15(2)3)25(19)17(20)5/h9-13,15H,7-8,14H2,1-6H3,(H,32,37)(H,33,38). The Labute approximate surface area is 218 Å². The normalized spacial score (nSPS) is 12.1. The van der Waals surface area contributed by atoms with Crippen molar-refractivity contribution in [1.82, 2.24) is 24.6 Å². The number of halogens is 3. The van der Waals surface area contributed by atoms with E-state index in [1.807, 2.05) is 57.5 Å². The van der Waals surface area contributed by atoms with Crippen LogP contribution in [0.3, 0.4) is 0 Å². The van der Waals surface area contributed by atoms with Crippen LogP contribution in [0.25, 0.3) is 22.2 Å². The molecular weight excluding hydrogens is 495 g/mol. The first kappa shape index (κ1) is 27.2. The first-order valence-corrected chi connectivity index (χ1v) is 12.6. The van der Waals surface area contributed by atoms with Gasteiger partial charge >= 0.3 is 6.18 Å². The number of aromatic nitrogens is 4. The summed E-state index contributed by atoms with van der Waals surface area (Å²) in [6.45, 7) is 9.68. The van der Waals surface area contributed by atoms with Gasteiger partial charge in [0.05, 0.1) is 11.2 Å². The molecule has 0 aliphatic rings. The van der Waals surface area contributed by atoms with Crippen LogP contribution in [0.1, 0.15) is 71.7 Å². The van der Waals surface area contributed by atoms with Crippen molar-refractivity contribution in [3.05, 3.63) is 74.5 Å². The number of benzene rings is 1. The summed E-state index contributed by atoms with van der Waals surface area (Å²) in [5, 5.41) is 7.27. The molecular formula is C28H32F3N5O2. The van der Waals surface area contributed by atoms with Crippen LogP contribution in [0.2, 0.25) is 0 Å². The molecule has 7 nitrogen and oxygen atoms in total. The SMILES string of the molecule is CCCc1cc(C)[nH]c(=O)c1CNC(=O)c1cc(-c2cc(C(F)(F)F)nn2C)c2ccn(C(C)C)c2c1C. The molecule has 3 aromatic heterocycles. The number of fused-ring (bicyclic) bond motifs is 1. The molecule has 0 bridgehead atoms. The maximum Gasteiger partial charge on any atom is 0.435 e. The van der Waals surface area contributed by atoms with E-state index in [-0.39, 0.29) is 23.8 Å². The number of hydrogen-bond acceptors (Lipinski definition) is 3. The van der Waals surface area contributed by atoms with Crippen molar-refractivity contribution in [3.63, 3.8) is 0 Å². The van der Waals surface area contributed by atoms with Crippen LogP contribution in [0.5, 0.6) is 0 Å². The zero-order valence-corrected chi connectivity index (χ0v) is 22.4. The maximum absolute atomic E-state index is 13.5. The Balaban J connectivity index is 1.83. The molecule has 1 aromatic carbocycles. The van der Waals surface area contributed by atoms with Crippen molar-refractivity contribution in [2.24, 2.45) is 7.05 Å². The van der Waals surface area contributed by atoms with Crippen LogP contribution in [0.15, 0.2) is 35.3 Å². The number of nitrogens with zero attached hydrogens (tertiary/aromatic N) is 3. The summed E-state index contributed by atoms with van der Waals surface area (Å²) in [5.74, 6) is -0.414. The molecule has 4 rings (SSSR count). The molecule has 1 amide bonds. The summed E-state index contributed by atoms with van der Waals surface area (Å²) in [7, 11) is 1.45. The van der Waals surface area contributed by atoms with Crippen LogP contribution in [-0.4, -0.2) is 25.2 Å². The highest BCUT2D eigenvalue weighted by Gasteiger charge is 2.35. The molecule has 0 saturated carbocycles. The highest BCUT2D eigenvalue weighted by atomic mass is 19.4. The van der Waals surface area contributed by atoms with E-state index in [9.17, 15) is 22.8 Å². The van der Waals surface area contributed by atoms with E-state index in [1.165, 1.54) is 11.7 Å². The van der Waals surface area contributed by atoms with Crippen LogP contribution in [-0.2, 0) is 26.2 Å². The monoisotopic (exact) mass is 527 g/mol. The number of carbonyl (C=O) groups is 1. The number of pyridine rings is 1. The van der Waals surface area contributed by atoms with Gasteiger partial charge in [0.2, 0.25) is 0 Å². The lowest BCUT2D eigenvalue weighted by molar-refractivity contribution is -0.141. The molecule has 0 saturated heterocycles. The van der Waals surface area contributed by atoms with Gasteiger partial charge in [-0.25, -0.2) is 0 Å². The number of carbonyl (C=O) groups excluding carboxylic acids is 1. The molecule has 0 spiro atoms. The molecule has 0 unspecified atom stereocenters. The molecule has 10 heteroatoms. The van der Waals surface area contributed by atoms with E-state index in [1.54, 1.807) is 6.07 Å². The van der Waals surface area contributed by atoms with E-state index in [0.29, 0.717) is 28.7 Å². The van der Waals surface area contributed by atoms with Gasteiger partial charge in [-0.15, -0.1) is 0 Å². The minimum absolute atomic E-state index is 0.0334. The fraction of sp³-hybridized carbons (Fsp3) is 0.393. The van der Waals surface area contributed by atoms with Crippen LogP contribution in [0.4, 0.5) is 13.2 Å². The van der Waals surface area contributed by atoms with Crippen LogP contribution >= 0.6 is 0 Å². The van der Waals surface area contributed by atoms with E-state index in [2.05, 4.69) is 15.4 Å². The molecule has 2 N–H and O–H groups in total. The lowest BCUT2D eigenvalue weighted by atomic mass is 9.97. The lowest BCUT2D eigenvalue weighted by Gasteiger charge is -2.17. The Kier molecular flexibility index (Phi) is 7.27. The maximum atomic E-state index is 13.5. The third-order valence-corrected chi connectivity index (χ3v) is 6.81. The van der Waals surface area contributed by atoms with Gasteiger partial charge in [0.1, 0.15) is 0 Å². The highest BCUT2D eigenvalue weighted by molar-refractivity contribution is 6.06. The van der Waals surface area contributed by atoms with Gasteiger partial charge in [0.15, 0.2) is 5.69 Å². The van der Waals surface area contributed by atoms with Crippen molar-refractivity contribution >= 4 is 16.8 Å². The summed E-state index contributed by atoms with van der Waals surface area (Å²) in [5.41, 5.74) is 3.39. The lowest BCUT2D eigenvalue weighted by Crippen LogP contribution is -2.29. The molecule has 4 aromatic rings. The Hall–Kier alpha value is -3.82. The molecule has 3 heterocycles. The van der Waals surface area contributed by atoms with Gasteiger partial charge < -0.3 is 14.9 Å². The first-order valence-electron chi connectivity index (χ1n) is 12.6. The molecule has 38 heavy (non-hydrogen) atoms. The summed E-state index contributed by atoms with van der Waals surface area (Å²) >= 11 is 0. The first-order chi connectivity index (χ1) is 17.8. The third-order valence-electron chi connectivity index (χ3n) is 6.81. The second-order valence-electron chi connectivity index (χ2n) is 9.93. The Bertz CT molecular complexity index is 1570. The molecule has 0 atom stereocenters. The molecule has 0 fully saturated rings. The van der Waals surface area contributed by atoms with Crippen LogP contribution in [0, 0.1) is 13.8 Å². The topological polar surface area (TPSA) is 84.7 Å². The smallest absolute Gasteiger partial charge is 0.348 e. The van der Waals surface area contributed by atoms with Crippen molar-refractivity contribution < 1.29 is 18.0 Å². The van der Waals surface area contributed by atoms with Crippen molar-refractivity contribution in [3.8, 4) is 11.3 Å². The van der Waals surface area contributed by atoms with E-state index < -0.39 is 17.8 Å². The quantitative estimate of drug-likeness (QED) is 0.317. The van der Waals surface area contributed by atoms with E-state index >= 15 is 0 Å². The number of aromatic amines is 1. The van der Waals surface area contributed by atoms with Crippen molar-refractivity contribution in [1.29, 1.82) is 0 Å². The van der Waals surface area contributed by atoms with Gasteiger partial charge in [-0.3, -0.25) is 14.3 Å². The number of hydrogen-bond donors (Lipinski definition) is 2. The van der Waals surface area contributed by atoms with Gasteiger partial charge in [0, 0.05) is 53.6 Å². The molecule has 0 aliphatic heterocycles. The average molecular weight is 528 g/mol. The number of nitrogens with one attached hydrogen (secondary N) is 2. The fourth-order valence-electron chi connectivity index (χ4n) is 4.99. The highest BCUT2D eigenvalue weighted by Crippen LogP contribution is 2.37. The van der Waals surface area contributed by atoms with Gasteiger partial charge in [-0.05, 0) is 69.5 Å². The average Bonchev–Trinajstić information content (AvgIpc) is 3.43. The van der Waals surface area contributed by atoms with Gasteiger partial charge in [-0.2, -0.15) is 18.3 Å². The molecule has 0 radical (unpaired) electrons. The zero-order valence-electron chi connectivity index (χ0n) is 22.4. The largest absolute Gasteiger partial charge is 0.435 e. The number of H-pyrrole nitrogens is 1. The second-order valence-corrected chi connectivity index (χ2v) is 9.93. The Morgan fingerprint density at radius 1 is 1.18 bits per heavy atom. The predicted octanol–water partition coefficient (Wildman–Crippen LogP) is 5.83. The van der Waals surface area contributed by atoms with E-state index in [4.69, 9.17) is 0 Å². The Morgan fingerprint density at radius 2 is 1.89 bits per heavy atom. The summed E-state index contributed by atoms with van der Waals surface area (Å²) in [4.78, 5) is 29.0. The molecule has 202 valence electrons. The predicted molar refractivity (Wildman–Crippen MR) is 141 cm³/mol. The van der Waals surface area contributed by atoms with E-state index in [0.717, 1.165) is 34.6 Å². The number of alkyl halides is 3. The number of amides is 1. The summed E-state index contributed by atoms with van der Waals surface area (Å²) in [6.07, 6.45) is -1.17. The van der Waals surface area contributed by atoms with Crippen molar-refractivity contribution in [2.75, 3.05) is 0 Å². The second kappa shape index (κ2) is 10.2. The van der Waals surface area contributed by atoms with Crippen molar-refractivity contribution in [2.45, 2.75) is 66.2 Å². The minimum atomic E-state index is -4.60. The fourth-order valence-corrected chi connectivity index (χ4v) is 4.99. The zero-order chi connectivity index (χ0) is 27.9. The molecule has 0 aliphatic carbocycles. The summed E-state index contributed by atoms with van der Waals surface area (Å²) in [6, 6.07) is 6.43. The van der Waals surface area contributed by atoms with Crippen LogP contribution < -0.4 is 10.9 Å². The summed E-state index contributed by atoms with van der Waals surface area (Å²) < 4.78 is 43.5. The Morgan fingerprint density at radius 3 is 2.50 bits per heavy atom. The minimum Gasteiger partial charge on any atom is -0.348 e. The third kappa shape index (κ3) is 4.99. The number of aryl methyl sites for hydroxylation is 4.